The Morgan fingerprint density at radius 3 is 0.917 bits per heavy atom. The number of hydrogen-bond donors (Lipinski definition) is 1. The molecule has 374 valence electrons. The van der Waals surface area contributed by atoms with E-state index in [-0.39, 0.29) is 52.9 Å². The van der Waals surface area contributed by atoms with Gasteiger partial charge < -0.3 is 52.5 Å². The molecule has 2 heterocycles. The van der Waals surface area contributed by atoms with Crippen LogP contribution in [0, 0.1) is 0 Å². The molecule has 2 aliphatic heterocycles. The molecule has 7 aromatic rings. The maximum absolute atomic E-state index is 12.0. The van der Waals surface area contributed by atoms with Gasteiger partial charge in [-0.1, -0.05) is 212 Å². The summed E-state index contributed by atoms with van der Waals surface area (Å²) in [5.41, 5.74) is 6.80. The van der Waals surface area contributed by atoms with Gasteiger partial charge in [0.25, 0.3) is 0 Å². The average molecular weight is 973 g/mol. The quantitative estimate of drug-likeness (QED) is 0.0591. The normalized spacial score (nSPS) is 24.2. The molecular weight excluding hydrogens is 909 g/mol. The lowest BCUT2D eigenvalue weighted by Crippen LogP contribution is -2.63. The van der Waals surface area contributed by atoms with E-state index in [2.05, 4.69) is 0 Å². The fourth-order valence-electron chi connectivity index (χ4n) is 8.97. The van der Waals surface area contributed by atoms with Crippen LogP contribution in [0.4, 0.5) is 0 Å². The fourth-order valence-corrected chi connectivity index (χ4v) is 8.97. The molecule has 1 N–H and O–H groups in total. The molecule has 72 heavy (non-hydrogen) atoms. The highest BCUT2D eigenvalue weighted by atomic mass is 16.7. The first kappa shape index (κ1) is 51.0. The molecule has 11 heteroatoms. The third-order valence-corrected chi connectivity index (χ3v) is 12.7. The zero-order chi connectivity index (χ0) is 49.0. The second kappa shape index (κ2) is 27.2. The lowest BCUT2D eigenvalue weighted by molar-refractivity contribution is -0.349. The second-order valence-corrected chi connectivity index (χ2v) is 18.0. The molecule has 10 atom stereocenters. The van der Waals surface area contributed by atoms with Crippen molar-refractivity contribution in [3.05, 3.63) is 251 Å². The number of aliphatic hydroxyl groups excluding tert-OH is 1. The van der Waals surface area contributed by atoms with Crippen molar-refractivity contribution in [3.8, 4) is 0 Å². The molecule has 0 radical (unpaired) electrons. The molecule has 0 saturated carbocycles. The zero-order valence-electron chi connectivity index (χ0n) is 40.4. The van der Waals surface area contributed by atoms with Crippen LogP contribution in [0.5, 0.6) is 0 Å². The van der Waals surface area contributed by atoms with Gasteiger partial charge in [-0.15, -0.1) is 0 Å². The topological polar surface area (TPSA) is 113 Å². The smallest absolute Gasteiger partial charge is 0.187 e. The van der Waals surface area contributed by atoms with Crippen LogP contribution in [0.1, 0.15) is 38.9 Å². The van der Waals surface area contributed by atoms with E-state index in [1.54, 1.807) is 0 Å². The highest BCUT2D eigenvalue weighted by molar-refractivity contribution is 5.19. The summed E-state index contributed by atoms with van der Waals surface area (Å²) in [4.78, 5) is 0. The fraction of sp³-hybridized carbons (Fsp3) is 0.311. The van der Waals surface area contributed by atoms with Crippen molar-refractivity contribution in [2.75, 3.05) is 13.2 Å². The van der Waals surface area contributed by atoms with Crippen LogP contribution >= 0.6 is 0 Å². The summed E-state index contributed by atoms with van der Waals surface area (Å²) >= 11 is 0. The highest BCUT2D eigenvalue weighted by Gasteiger charge is 2.52. The number of aliphatic hydroxyl groups is 1. The van der Waals surface area contributed by atoms with Crippen LogP contribution in [-0.2, 0) is 93.6 Å². The minimum Gasteiger partial charge on any atom is -0.374 e. The number of hydrogen-bond acceptors (Lipinski definition) is 11. The number of benzene rings is 7. The predicted octanol–water partition coefficient (Wildman–Crippen LogP) is 10.2. The van der Waals surface area contributed by atoms with Crippen LogP contribution in [-0.4, -0.2) is 79.7 Å². The van der Waals surface area contributed by atoms with Gasteiger partial charge in [-0.2, -0.15) is 0 Å². The first-order valence-corrected chi connectivity index (χ1v) is 24.8. The molecule has 0 spiro atoms. The van der Waals surface area contributed by atoms with Crippen molar-refractivity contribution in [2.45, 2.75) is 108 Å². The van der Waals surface area contributed by atoms with Gasteiger partial charge in [0.05, 0.1) is 59.5 Å². The summed E-state index contributed by atoms with van der Waals surface area (Å²) < 4.78 is 67.9. The molecule has 11 nitrogen and oxygen atoms in total. The van der Waals surface area contributed by atoms with Gasteiger partial charge in [0.1, 0.15) is 48.8 Å². The Bertz CT molecular complexity index is 2550. The monoisotopic (exact) mass is 972 g/mol. The van der Waals surface area contributed by atoms with Crippen LogP contribution in [0.3, 0.4) is 0 Å². The minimum atomic E-state index is -1.41. The molecule has 7 aromatic carbocycles. The Labute approximate surface area is 423 Å². The SMILES string of the molecule is O[C@H]1O[C@H](CO[C@@H]2O[C@H](COCc3ccccc3)[C@@H](OCc3ccccc3)[C@H](OCc3ccccc3)[C@@H]2OCc2ccccc2)[C@@H](OCc2ccccc2)[C@H](OCc2ccccc2)[C@H]1OCc1ccccc1. The van der Waals surface area contributed by atoms with E-state index in [0.717, 1.165) is 38.9 Å². The van der Waals surface area contributed by atoms with Crippen molar-refractivity contribution < 1.29 is 52.5 Å². The Morgan fingerprint density at radius 2 is 0.556 bits per heavy atom. The highest BCUT2D eigenvalue weighted by Crippen LogP contribution is 2.34. The van der Waals surface area contributed by atoms with Crippen molar-refractivity contribution >= 4 is 0 Å². The van der Waals surface area contributed by atoms with E-state index in [1.807, 2.05) is 212 Å². The van der Waals surface area contributed by atoms with E-state index in [9.17, 15) is 5.11 Å². The number of rotatable bonds is 25. The Kier molecular flexibility index (Phi) is 19.3. The summed E-state index contributed by atoms with van der Waals surface area (Å²) in [5.74, 6) is 0. The third kappa shape index (κ3) is 14.8. The molecule has 2 saturated heterocycles. The number of ether oxygens (including phenoxy) is 10. The van der Waals surface area contributed by atoms with Crippen molar-refractivity contribution in [2.24, 2.45) is 0 Å². The van der Waals surface area contributed by atoms with Gasteiger partial charge in [0.2, 0.25) is 0 Å². The molecule has 0 unspecified atom stereocenters. The summed E-state index contributed by atoms with van der Waals surface area (Å²) in [6.45, 7) is 1.89. The summed E-state index contributed by atoms with van der Waals surface area (Å²) in [5, 5.41) is 12.0. The summed E-state index contributed by atoms with van der Waals surface area (Å²) in [6, 6.07) is 69.7. The summed E-state index contributed by atoms with van der Waals surface area (Å²) in [7, 11) is 0. The largest absolute Gasteiger partial charge is 0.374 e. The molecule has 0 aromatic heterocycles. The van der Waals surface area contributed by atoms with Gasteiger partial charge in [0.15, 0.2) is 12.6 Å². The minimum absolute atomic E-state index is 0.0957. The molecular formula is C61H64O11. The van der Waals surface area contributed by atoms with E-state index in [0.29, 0.717) is 6.61 Å². The van der Waals surface area contributed by atoms with Crippen LogP contribution < -0.4 is 0 Å². The third-order valence-electron chi connectivity index (χ3n) is 12.7. The molecule has 2 fully saturated rings. The van der Waals surface area contributed by atoms with Crippen molar-refractivity contribution in [3.63, 3.8) is 0 Å². The van der Waals surface area contributed by atoms with Gasteiger partial charge in [-0.25, -0.2) is 0 Å². The molecule has 9 rings (SSSR count). The maximum Gasteiger partial charge on any atom is 0.187 e. The van der Waals surface area contributed by atoms with Crippen LogP contribution in [0.15, 0.2) is 212 Å². The van der Waals surface area contributed by atoms with Gasteiger partial charge in [-0.05, 0) is 38.9 Å². The van der Waals surface area contributed by atoms with Gasteiger partial charge in [0, 0.05) is 0 Å². The van der Waals surface area contributed by atoms with E-state index in [4.69, 9.17) is 47.4 Å². The zero-order valence-corrected chi connectivity index (χ0v) is 40.4. The first-order chi connectivity index (χ1) is 35.6. The van der Waals surface area contributed by atoms with Gasteiger partial charge in [-0.3, -0.25) is 0 Å². The summed E-state index contributed by atoms with van der Waals surface area (Å²) in [6.07, 6.45) is -8.74. The molecule has 2 aliphatic rings. The molecule has 0 aliphatic carbocycles. The Morgan fingerprint density at radius 1 is 0.278 bits per heavy atom. The maximum atomic E-state index is 12.0. The average Bonchev–Trinajstić information content (AvgIpc) is 3.44. The van der Waals surface area contributed by atoms with Crippen LogP contribution in [0.25, 0.3) is 0 Å². The lowest BCUT2D eigenvalue weighted by Gasteiger charge is -2.47. The van der Waals surface area contributed by atoms with Crippen LogP contribution in [0.2, 0.25) is 0 Å². The molecule has 0 bridgehead atoms. The standard InChI is InChI=1S/C61H64O11/c62-60-58(68-41-50-32-18-6-19-33-50)56(66-39-48-28-14-4-15-29-48)55(65-38-47-26-12-3-13-27-47)53(71-60)44-70-61-59(69-42-51-34-20-7-21-35-51)57(67-40-49-30-16-5-17-31-49)54(64-37-46-24-10-2-11-25-46)52(72-61)43-63-36-45-22-8-1-9-23-45/h1-35,52-62H,36-44H2/t52-,53-,54-,55-,56+,57+,58-,59+,60+,61-/m1/s1. The van der Waals surface area contributed by atoms with E-state index in [1.165, 1.54) is 0 Å². The van der Waals surface area contributed by atoms with Gasteiger partial charge >= 0.3 is 0 Å². The van der Waals surface area contributed by atoms with Crippen molar-refractivity contribution in [1.29, 1.82) is 0 Å². The Hall–Kier alpha value is -5.90. The van der Waals surface area contributed by atoms with E-state index >= 15 is 0 Å². The second-order valence-electron chi connectivity index (χ2n) is 18.0. The lowest BCUT2D eigenvalue weighted by atomic mass is 9.97. The predicted molar refractivity (Wildman–Crippen MR) is 272 cm³/mol. The molecule has 0 amide bonds. The van der Waals surface area contributed by atoms with E-state index < -0.39 is 61.4 Å². The van der Waals surface area contributed by atoms with Crippen molar-refractivity contribution in [1.82, 2.24) is 0 Å². The first-order valence-electron chi connectivity index (χ1n) is 24.8. The Balaban J connectivity index is 1.04.